The molecule has 0 atom stereocenters. The predicted octanol–water partition coefficient (Wildman–Crippen LogP) is 4.55. The molecule has 1 aliphatic heterocycles. The molecule has 0 bridgehead atoms. The van der Waals surface area contributed by atoms with E-state index in [1.165, 1.54) is 6.20 Å². The number of rotatable bonds is 6. The van der Waals surface area contributed by atoms with E-state index in [9.17, 15) is 18.4 Å². The summed E-state index contributed by atoms with van der Waals surface area (Å²) in [6, 6.07) is 13.5. The number of aromatic amines is 1. The molecule has 1 aliphatic rings. The Morgan fingerprint density at radius 2 is 1.64 bits per heavy atom. The third-order valence-corrected chi connectivity index (χ3v) is 7.12. The van der Waals surface area contributed by atoms with Crippen LogP contribution in [-0.4, -0.2) is 70.1 Å². The Hall–Kier alpha value is -5.23. The van der Waals surface area contributed by atoms with Crippen molar-refractivity contribution in [2.45, 2.75) is 0 Å². The fraction of sp³-hybridized carbons (Fsp3) is 0.167. The van der Waals surface area contributed by atoms with E-state index in [0.29, 0.717) is 39.5 Å². The second-order valence-electron chi connectivity index (χ2n) is 10.0. The van der Waals surface area contributed by atoms with Crippen LogP contribution in [0, 0.1) is 11.6 Å². The van der Waals surface area contributed by atoms with E-state index in [0.717, 1.165) is 44.1 Å². The number of halogens is 2. The Balaban J connectivity index is 1.18. The zero-order valence-electron chi connectivity index (χ0n) is 22.6. The van der Waals surface area contributed by atoms with Crippen molar-refractivity contribution < 1.29 is 18.4 Å². The van der Waals surface area contributed by atoms with Gasteiger partial charge < -0.3 is 20.4 Å². The Morgan fingerprint density at radius 3 is 2.40 bits per heavy atom. The van der Waals surface area contributed by atoms with Crippen LogP contribution in [0.5, 0.6) is 0 Å². The van der Waals surface area contributed by atoms with Crippen LogP contribution in [0.25, 0.3) is 22.0 Å². The second-order valence-corrected chi connectivity index (χ2v) is 10.0. The van der Waals surface area contributed by atoms with Gasteiger partial charge in [0.15, 0.2) is 5.69 Å². The van der Waals surface area contributed by atoms with E-state index in [1.54, 1.807) is 30.6 Å². The highest BCUT2D eigenvalue weighted by Crippen LogP contribution is 2.27. The SMILES string of the molecule is CN1CCN(c2ccc(NC(=O)c3n[nH]c4ccc(-c5cncc(NC(=O)c6ccc(F)cc6F)c5)cc34)cn2)CC1. The van der Waals surface area contributed by atoms with Gasteiger partial charge in [-0.1, -0.05) is 6.07 Å². The van der Waals surface area contributed by atoms with Crippen LogP contribution >= 0.6 is 0 Å². The predicted molar refractivity (Wildman–Crippen MR) is 156 cm³/mol. The van der Waals surface area contributed by atoms with Gasteiger partial charge in [-0.25, -0.2) is 13.8 Å². The van der Waals surface area contributed by atoms with Gasteiger partial charge in [-0.3, -0.25) is 19.7 Å². The summed E-state index contributed by atoms with van der Waals surface area (Å²) in [5, 5.41) is 13.1. The molecule has 5 aromatic rings. The van der Waals surface area contributed by atoms with Crippen LogP contribution in [0.3, 0.4) is 0 Å². The largest absolute Gasteiger partial charge is 0.354 e. The molecule has 2 amide bonds. The minimum absolute atomic E-state index is 0.208. The maximum Gasteiger partial charge on any atom is 0.276 e. The van der Waals surface area contributed by atoms with Crippen molar-refractivity contribution in [1.82, 2.24) is 25.1 Å². The smallest absolute Gasteiger partial charge is 0.276 e. The van der Waals surface area contributed by atoms with E-state index in [-0.39, 0.29) is 11.3 Å². The molecular formula is C30H26F2N8O2. The first kappa shape index (κ1) is 27.0. The van der Waals surface area contributed by atoms with E-state index in [2.05, 4.69) is 47.6 Å². The molecule has 0 saturated carbocycles. The maximum absolute atomic E-state index is 14.0. The van der Waals surface area contributed by atoms with Crippen LogP contribution in [-0.2, 0) is 0 Å². The first-order valence-corrected chi connectivity index (χ1v) is 13.2. The fourth-order valence-electron chi connectivity index (χ4n) is 4.78. The number of likely N-dealkylation sites (N-methyl/N-ethyl adjacent to an activating group) is 1. The minimum Gasteiger partial charge on any atom is -0.354 e. The summed E-state index contributed by atoms with van der Waals surface area (Å²) < 4.78 is 27.3. The van der Waals surface area contributed by atoms with Gasteiger partial charge >= 0.3 is 0 Å². The molecule has 1 fully saturated rings. The van der Waals surface area contributed by atoms with Gasteiger partial charge in [0.1, 0.15) is 17.5 Å². The molecule has 4 heterocycles. The number of pyridine rings is 2. The first-order chi connectivity index (χ1) is 20.3. The summed E-state index contributed by atoms with van der Waals surface area (Å²) in [6.45, 7) is 3.74. The quantitative estimate of drug-likeness (QED) is 0.275. The summed E-state index contributed by atoms with van der Waals surface area (Å²) >= 11 is 0. The zero-order chi connectivity index (χ0) is 29.2. The topological polar surface area (TPSA) is 119 Å². The highest BCUT2D eigenvalue weighted by Gasteiger charge is 2.18. The zero-order valence-corrected chi connectivity index (χ0v) is 22.6. The molecule has 212 valence electrons. The van der Waals surface area contributed by atoms with Crippen molar-refractivity contribution in [1.29, 1.82) is 0 Å². The number of H-pyrrole nitrogens is 1. The summed E-state index contributed by atoms with van der Waals surface area (Å²) in [7, 11) is 2.10. The number of nitrogens with zero attached hydrogens (tertiary/aromatic N) is 5. The minimum atomic E-state index is -0.963. The fourth-order valence-corrected chi connectivity index (χ4v) is 4.78. The average molecular weight is 569 g/mol. The van der Waals surface area contributed by atoms with Crippen molar-refractivity contribution in [3.05, 3.63) is 96.1 Å². The summed E-state index contributed by atoms with van der Waals surface area (Å²) in [6.07, 6.45) is 4.65. The number of hydrogen-bond donors (Lipinski definition) is 3. The van der Waals surface area contributed by atoms with Crippen LogP contribution in [0.1, 0.15) is 20.8 Å². The van der Waals surface area contributed by atoms with Crippen molar-refractivity contribution >= 4 is 39.9 Å². The lowest BCUT2D eigenvalue weighted by Crippen LogP contribution is -2.44. The Bertz CT molecular complexity index is 1780. The van der Waals surface area contributed by atoms with Crippen molar-refractivity contribution in [2.75, 3.05) is 48.8 Å². The number of hydrogen-bond acceptors (Lipinski definition) is 7. The molecule has 3 aromatic heterocycles. The molecule has 0 aliphatic carbocycles. The van der Waals surface area contributed by atoms with Gasteiger partial charge in [-0.15, -0.1) is 0 Å². The molecule has 0 spiro atoms. The first-order valence-electron chi connectivity index (χ1n) is 13.2. The van der Waals surface area contributed by atoms with Gasteiger partial charge in [0.05, 0.1) is 34.8 Å². The Labute approximate surface area is 239 Å². The van der Waals surface area contributed by atoms with Crippen LogP contribution in [0.4, 0.5) is 26.0 Å². The van der Waals surface area contributed by atoms with E-state index >= 15 is 0 Å². The molecular weight excluding hydrogens is 542 g/mol. The summed E-state index contributed by atoms with van der Waals surface area (Å²) in [5.74, 6) is -2.00. The number of carbonyl (C=O) groups excluding carboxylic acids is 2. The Kier molecular flexibility index (Phi) is 7.28. The lowest BCUT2D eigenvalue weighted by molar-refractivity contribution is 0.101. The van der Waals surface area contributed by atoms with Crippen LogP contribution < -0.4 is 15.5 Å². The number of benzene rings is 2. The van der Waals surface area contributed by atoms with Gasteiger partial charge in [0, 0.05) is 49.4 Å². The molecule has 12 heteroatoms. The van der Waals surface area contributed by atoms with Gasteiger partial charge in [0.25, 0.3) is 11.8 Å². The number of aromatic nitrogens is 4. The summed E-state index contributed by atoms with van der Waals surface area (Å²) in [4.78, 5) is 38.9. The van der Waals surface area contributed by atoms with E-state index < -0.39 is 23.4 Å². The molecule has 3 N–H and O–H groups in total. The number of carbonyl (C=O) groups is 2. The van der Waals surface area contributed by atoms with Crippen LogP contribution in [0.15, 0.2) is 73.2 Å². The lowest BCUT2D eigenvalue weighted by atomic mass is 10.0. The average Bonchev–Trinajstić information content (AvgIpc) is 3.42. The molecule has 6 rings (SSSR count). The number of anilines is 3. The maximum atomic E-state index is 14.0. The van der Waals surface area contributed by atoms with Gasteiger partial charge in [-0.05, 0) is 55.1 Å². The number of piperazine rings is 1. The highest BCUT2D eigenvalue weighted by atomic mass is 19.1. The third kappa shape index (κ3) is 5.65. The van der Waals surface area contributed by atoms with Crippen molar-refractivity contribution in [2.24, 2.45) is 0 Å². The standard InChI is InChI=1S/C30H26F2N8O2/c1-39-8-10-40(11-9-39)27-7-4-21(17-34-27)35-30(42)28-24-13-18(2-6-26(24)37-38-28)19-12-22(16-33-15-19)36-29(41)23-5-3-20(31)14-25(23)32/h2-7,12-17H,8-11H2,1H3,(H,35,42)(H,36,41)(H,37,38). The molecule has 1 saturated heterocycles. The van der Waals surface area contributed by atoms with Gasteiger partial charge in [-0.2, -0.15) is 5.10 Å². The number of fused-ring (bicyclic) bond motifs is 1. The molecule has 42 heavy (non-hydrogen) atoms. The number of amides is 2. The van der Waals surface area contributed by atoms with E-state index in [1.807, 2.05) is 18.2 Å². The summed E-state index contributed by atoms with van der Waals surface area (Å²) in [5.41, 5.74) is 2.81. The second kappa shape index (κ2) is 11.3. The third-order valence-electron chi connectivity index (χ3n) is 7.12. The van der Waals surface area contributed by atoms with Crippen molar-refractivity contribution in [3.8, 4) is 11.1 Å². The molecule has 10 nitrogen and oxygen atoms in total. The Morgan fingerprint density at radius 1 is 0.833 bits per heavy atom. The van der Waals surface area contributed by atoms with E-state index in [4.69, 9.17) is 0 Å². The molecule has 2 aromatic carbocycles. The number of nitrogens with one attached hydrogen (secondary N) is 3. The van der Waals surface area contributed by atoms with Crippen LogP contribution in [0.2, 0.25) is 0 Å². The monoisotopic (exact) mass is 568 g/mol. The molecule has 0 radical (unpaired) electrons. The lowest BCUT2D eigenvalue weighted by Gasteiger charge is -2.33. The van der Waals surface area contributed by atoms with Crippen molar-refractivity contribution in [3.63, 3.8) is 0 Å². The van der Waals surface area contributed by atoms with Gasteiger partial charge in [0.2, 0.25) is 0 Å². The highest BCUT2D eigenvalue weighted by molar-refractivity contribution is 6.11. The normalized spacial score (nSPS) is 13.7. The molecule has 0 unspecified atom stereocenters.